The summed E-state index contributed by atoms with van der Waals surface area (Å²) in [5.41, 5.74) is 19.9. The zero-order valence-electron chi connectivity index (χ0n) is 78.4. The van der Waals surface area contributed by atoms with E-state index in [1.807, 2.05) is 88.4 Å². The van der Waals surface area contributed by atoms with Crippen molar-refractivity contribution in [2.45, 2.75) is 254 Å². The first-order chi connectivity index (χ1) is 65.6. The van der Waals surface area contributed by atoms with E-state index < -0.39 is 223 Å². The number of primary amides is 2. The second-order valence-corrected chi connectivity index (χ2v) is 36.9. The predicted molar refractivity (Wildman–Crippen MR) is 509 cm³/mol. The minimum absolute atomic E-state index is 0.0163. The van der Waals surface area contributed by atoms with Crippen LogP contribution in [-0.2, 0) is 96.0 Å². The number of nitrogens with two attached hydrogens (primary N) is 3. The number of carbonyl (C=O) groups excluding carboxylic acids is 16. The Kier molecular flexibility index (Phi) is 39.2. The standard InChI is InChI=1S/C95H129N23O18S/c1-8-10-27-74-88(130)104-66(26-17-38-101-95(98)99)86(128)110-73(78(121)35-36-80(96)123)52-137-53-82(125)103-71(43-56-31-33-62(120)34-32-56)91(133)114(6)55(5)84(126)108-72(48-81(97)124)93(135)117-41-19-30-76(117)90(132)107-69(44-57-37-39-100-49-57)87(129)109-70(42-54(3)4)92(134)116-40-18-29-75(116)89(131)105-67(46-60-50-102-65-25-15-14-24-64(60)65)79(122)47-61(51-119)85(127)106-68(45-59-22-16-21-58-20-12-13-23-63(58)59)83-111-112-113-118(83)77(28-11-9-2)94(136)115(74)7/h12-16,20-25,31-34,39,49-50,54-55,61,66-77,102,119-120H,8-11,17-19,26-30,35-38,40-48,51-53H2,1-7H3,(H2,96,123)(H2,97,124)(H,103,125)(H,104,130)(H,105,131)(H,106,127)(H,107,132)(H,108,126)(H,109,129)(H,110,128)(H4,98,99,101)/t55-,61-,66?,67-,68-,69-,70-,71-,72-,73-,74-,75-,76-,77-/m0/s1. The van der Waals surface area contributed by atoms with Gasteiger partial charge >= 0.3 is 0 Å². The van der Waals surface area contributed by atoms with Gasteiger partial charge in [0.15, 0.2) is 23.4 Å². The van der Waals surface area contributed by atoms with Crippen LogP contribution in [0.15, 0.2) is 114 Å². The molecule has 6 heterocycles. The lowest BCUT2D eigenvalue weighted by molar-refractivity contribution is -0.145. The van der Waals surface area contributed by atoms with Crippen molar-refractivity contribution < 1.29 is 86.9 Å². The van der Waals surface area contributed by atoms with E-state index in [4.69, 9.17) is 22.6 Å². The number of aliphatic hydroxyl groups excluding tert-OH is 1. The molecule has 738 valence electrons. The first kappa shape index (κ1) is 106. The second-order valence-electron chi connectivity index (χ2n) is 35.9. The quantitative estimate of drug-likeness (QED) is 0.0199. The molecular formula is C95H129N23O18S. The van der Waals surface area contributed by atoms with E-state index in [0.29, 0.717) is 65.3 Å². The number of tetrazole rings is 1. The lowest BCUT2D eigenvalue weighted by Gasteiger charge is -2.33. The first-order valence-corrected chi connectivity index (χ1v) is 47.9. The summed E-state index contributed by atoms with van der Waals surface area (Å²) in [7, 11) is 2.65. The SMILES string of the molecule is CCCC[C@H]1C(=O)NC(CCCNC(=N)N)C(=O)N[C@H](C(=O)CCC(N)=O)CSCC(=O)N[C@@H](Cc2ccc(O)cc2)C(=O)N(C)[C@@H](C)C(=O)N[C@@H](CC(N)=O)C(=O)N2CCC[C@H]2C(=O)N[C@@H](CC2=CN=CC2)C(=O)N[C@@H](CC(C)C)C(=O)N2CCC[C@H]2C(=O)N[C@@H](Cc2c[nH]c3ccccc23)C(=O)C[C@@H](CO)C(=O)N[C@@H](Cc2cccc3ccccc23)c2nnnn2[C@@H](CCCC)C(=O)N1C. The van der Waals surface area contributed by atoms with Crippen LogP contribution in [0.2, 0.25) is 0 Å². The number of guanidine groups is 1. The van der Waals surface area contributed by atoms with E-state index in [1.54, 1.807) is 18.5 Å². The fourth-order valence-corrected chi connectivity index (χ4v) is 18.5. The van der Waals surface area contributed by atoms with Gasteiger partial charge in [-0.3, -0.25) is 87.1 Å². The van der Waals surface area contributed by atoms with Crippen molar-refractivity contribution in [2.75, 3.05) is 51.8 Å². The van der Waals surface area contributed by atoms with Crippen LogP contribution < -0.4 is 65.1 Å². The lowest BCUT2D eigenvalue weighted by Crippen LogP contribution is -2.60. The number of aliphatic hydroxyl groups is 1. The van der Waals surface area contributed by atoms with Gasteiger partial charge in [0.05, 0.1) is 42.8 Å². The van der Waals surface area contributed by atoms with Crippen LogP contribution >= 0.6 is 11.8 Å². The average molecular weight is 1910 g/mol. The molecular weight excluding hydrogens is 1780 g/mol. The Morgan fingerprint density at radius 3 is 1.85 bits per heavy atom. The molecule has 4 aliphatic rings. The number of aromatic hydroxyl groups is 1. The molecule has 14 amide bonds. The number of thioether (sulfide) groups is 1. The van der Waals surface area contributed by atoms with Crippen LogP contribution in [0.5, 0.6) is 5.75 Å². The van der Waals surface area contributed by atoms with Crippen molar-refractivity contribution in [1.82, 2.24) is 92.6 Å². The summed E-state index contributed by atoms with van der Waals surface area (Å²) >= 11 is 0.820. The maximum absolute atomic E-state index is 15.9. The predicted octanol–water partition coefficient (Wildman–Crippen LogP) is 1.95. The normalized spacial score (nSPS) is 24.3. The lowest BCUT2D eigenvalue weighted by atomic mass is 9.93. The van der Waals surface area contributed by atoms with Crippen molar-refractivity contribution in [3.8, 4) is 5.75 Å². The molecule has 42 heteroatoms. The Labute approximate surface area is 798 Å². The van der Waals surface area contributed by atoms with Gasteiger partial charge in [-0.25, -0.2) is 4.68 Å². The van der Waals surface area contributed by atoms with E-state index in [0.717, 1.165) is 32.3 Å². The summed E-state index contributed by atoms with van der Waals surface area (Å²) < 4.78 is 1.28. The molecule has 41 nitrogen and oxygen atoms in total. The Morgan fingerprint density at radius 2 is 1.20 bits per heavy atom. The maximum atomic E-state index is 15.9. The molecule has 0 spiro atoms. The number of para-hydroxylation sites is 1. The monoisotopic (exact) mass is 1910 g/mol. The van der Waals surface area contributed by atoms with E-state index >= 15 is 38.4 Å². The molecule has 19 N–H and O–H groups in total. The topological polar surface area (TPSA) is 608 Å². The molecule has 4 aliphatic heterocycles. The summed E-state index contributed by atoms with van der Waals surface area (Å²) in [6, 6.07) is 7.58. The number of nitrogens with zero attached hydrogens (tertiary/aromatic N) is 9. The van der Waals surface area contributed by atoms with Crippen molar-refractivity contribution in [2.24, 2.45) is 34.0 Å². The summed E-state index contributed by atoms with van der Waals surface area (Å²) in [5, 5.41) is 70.1. The van der Waals surface area contributed by atoms with Gasteiger partial charge in [-0.1, -0.05) is 126 Å². The van der Waals surface area contributed by atoms with Crippen molar-refractivity contribution >= 4 is 140 Å². The molecule has 4 aromatic carbocycles. The number of phenolic OH excluding ortho intramolecular Hbond substituents is 1. The molecule has 14 atom stereocenters. The zero-order valence-corrected chi connectivity index (χ0v) is 79.3. The maximum Gasteiger partial charge on any atom is 0.248 e. The van der Waals surface area contributed by atoms with E-state index in [2.05, 4.69) is 73.4 Å². The zero-order chi connectivity index (χ0) is 99.3. The van der Waals surface area contributed by atoms with Crippen molar-refractivity contribution in [3.05, 3.63) is 131 Å². The number of hydrogen-bond donors (Lipinski definition) is 16. The highest BCUT2D eigenvalue weighted by Crippen LogP contribution is 2.32. The van der Waals surface area contributed by atoms with Crippen LogP contribution in [-0.4, -0.2) is 280 Å². The summed E-state index contributed by atoms with van der Waals surface area (Å²) in [4.78, 5) is 249. The van der Waals surface area contributed by atoms with Gasteiger partial charge in [0.25, 0.3) is 0 Å². The Bertz CT molecular complexity index is 5410. The van der Waals surface area contributed by atoms with Crippen LogP contribution in [0.3, 0.4) is 0 Å². The average Bonchev–Trinajstić information content (AvgIpc) is 1.54. The van der Waals surface area contributed by atoms with Crippen LogP contribution in [0, 0.1) is 17.2 Å². The molecule has 2 saturated heterocycles. The van der Waals surface area contributed by atoms with Gasteiger partial charge in [0, 0.05) is 114 Å². The van der Waals surface area contributed by atoms with E-state index in [9.17, 15) is 48.6 Å². The minimum atomic E-state index is -1.74. The summed E-state index contributed by atoms with van der Waals surface area (Å²) in [6.07, 6.45) is 4.56. The third-order valence-electron chi connectivity index (χ3n) is 25.3. The molecule has 2 fully saturated rings. The van der Waals surface area contributed by atoms with Crippen molar-refractivity contribution in [1.29, 1.82) is 5.41 Å². The number of likely N-dealkylation sites (N-methyl/N-ethyl adjacent to an activating group) is 2. The highest BCUT2D eigenvalue weighted by molar-refractivity contribution is 8.00. The molecule has 0 radical (unpaired) electrons. The van der Waals surface area contributed by atoms with Crippen LogP contribution in [0.25, 0.3) is 21.7 Å². The highest BCUT2D eigenvalue weighted by atomic mass is 32.2. The number of benzene rings is 4. The number of fused-ring (bicyclic) bond motifs is 5. The summed E-state index contributed by atoms with van der Waals surface area (Å²) in [5.74, 6) is -16.5. The molecule has 0 saturated carbocycles. The molecule has 137 heavy (non-hydrogen) atoms. The number of aromatic amines is 1. The number of aromatic nitrogens is 5. The van der Waals surface area contributed by atoms with Crippen LogP contribution in [0.1, 0.15) is 191 Å². The molecule has 1 unspecified atom stereocenters. The number of H-pyrrole nitrogens is 1. The van der Waals surface area contributed by atoms with Crippen LogP contribution in [0.4, 0.5) is 0 Å². The molecule has 0 aliphatic carbocycles. The smallest absolute Gasteiger partial charge is 0.248 e. The number of ketones is 2. The first-order valence-electron chi connectivity index (χ1n) is 46.8. The summed E-state index contributed by atoms with van der Waals surface area (Å²) in [6.45, 7) is 7.76. The number of amides is 14. The molecule has 10 rings (SSSR count). The molecule has 0 bridgehead atoms. The van der Waals surface area contributed by atoms with Gasteiger partial charge in [0.2, 0.25) is 82.7 Å². The van der Waals surface area contributed by atoms with Crippen molar-refractivity contribution in [3.63, 3.8) is 0 Å². The third-order valence-corrected chi connectivity index (χ3v) is 26.3. The van der Waals surface area contributed by atoms with Gasteiger partial charge in [-0.05, 0) is 139 Å². The number of aliphatic imine (C=N–C) groups is 1. The Hall–Kier alpha value is -13.5. The second kappa shape index (κ2) is 50.9. The minimum Gasteiger partial charge on any atom is -0.508 e. The van der Waals surface area contributed by atoms with E-state index in [1.165, 1.54) is 66.0 Å². The highest BCUT2D eigenvalue weighted by Gasteiger charge is 2.46. The van der Waals surface area contributed by atoms with Gasteiger partial charge < -0.3 is 99.8 Å². The number of unbranched alkanes of at least 4 members (excludes halogenated alkanes) is 2. The molecule has 6 aromatic rings. The Morgan fingerprint density at radius 1 is 0.591 bits per heavy atom. The third kappa shape index (κ3) is 29.3. The number of nitrogens with one attached hydrogen (secondary N) is 11. The number of rotatable bonds is 27. The van der Waals surface area contributed by atoms with Gasteiger partial charge in [-0.2, -0.15) is 0 Å². The number of phenols is 1. The fourth-order valence-electron chi connectivity index (χ4n) is 17.6. The van der Waals surface area contributed by atoms with E-state index in [-0.39, 0.29) is 126 Å². The number of Topliss-reactive ketones (excluding diaryl/α,β-unsaturated/α-hetero) is 2. The Balaban J connectivity index is 1.03. The number of hydrogen-bond acceptors (Lipinski definition) is 24. The van der Waals surface area contributed by atoms with Gasteiger partial charge in [0.1, 0.15) is 66.2 Å². The molecule has 2 aromatic heterocycles. The fraction of sp³-hybridized carbons (Fsp3) is 0.526. The number of carbonyl (C=O) groups is 16. The largest absolute Gasteiger partial charge is 0.508 e. The van der Waals surface area contributed by atoms with Gasteiger partial charge in [-0.15, -0.1) is 16.9 Å².